The Morgan fingerprint density at radius 1 is 0.939 bits per heavy atom. The van der Waals surface area contributed by atoms with E-state index in [1.54, 1.807) is 0 Å². The van der Waals surface area contributed by atoms with Crippen molar-refractivity contribution in [3.63, 3.8) is 0 Å². The second-order valence-corrected chi connectivity index (χ2v) is 12.3. The number of nitrogens with zero attached hydrogens (tertiary/aromatic N) is 2. The SMILES string of the molecule is CC(C)(C)c1cc(Oc2ccc([N+](=O)[O-])cc2S(=O)(=O)N2CCNCC2)cc(C(C)(C)C)c1. The molecule has 0 aromatic heterocycles. The van der Waals surface area contributed by atoms with Crippen molar-refractivity contribution in [2.24, 2.45) is 0 Å². The number of ether oxygens (including phenoxy) is 1. The maximum absolute atomic E-state index is 13.4. The average Bonchev–Trinajstić information content (AvgIpc) is 2.73. The Labute approximate surface area is 196 Å². The third-order valence-corrected chi connectivity index (χ3v) is 7.62. The molecule has 0 aliphatic carbocycles. The molecule has 8 nitrogen and oxygen atoms in total. The number of nitro benzene ring substituents is 1. The number of nitro groups is 1. The van der Waals surface area contributed by atoms with Gasteiger partial charge in [0.05, 0.1) is 4.92 Å². The van der Waals surface area contributed by atoms with Crippen LogP contribution < -0.4 is 10.1 Å². The average molecular weight is 476 g/mol. The summed E-state index contributed by atoms with van der Waals surface area (Å²) in [5, 5.41) is 14.5. The fourth-order valence-electron chi connectivity index (χ4n) is 3.57. The number of hydrogen-bond acceptors (Lipinski definition) is 6. The molecular weight excluding hydrogens is 442 g/mol. The molecule has 0 radical (unpaired) electrons. The first-order chi connectivity index (χ1) is 15.2. The second-order valence-electron chi connectivity index (χ2n) is 10.4. The predicted octanol–water partition coefficient (Wildman–Crippen LogP) is 4.58. The van der Waals surface area contributed by atoms with Crippen LogP contribution in [0.1, 0.15) is 52.7 Å². The molecule has 1 aliphatic rings. The molecule has 1 fully saturated rings. The number of non-ortho nitro benzene ring substituents is 1. The third kappa shape index (κ3) is 5.72. The van der Waals surface area contributed by atoms with Gasteiger partial charge < -0.3 is 10.1 Å². The van der Waals surface area contributed by atoms with Gasteiger partial charge in [0.25, 0.3) is 5.69 Å². The minimum atomic E-state index is -3.98. The number of sulfonamides is 1. The molecule has 0 bridgehead atoms. The minimum absolute atomic E-state index is 0.0741. The van der Waals surface area contributed by atoms with Crippen molar-refractivity contribution in [2.45, 2.75) is 57.3 Å². The quantitative estimate of drug-likeness (QED) is 0.502. The highest BCUT2D eigenvalue weighted by Gasteiger charge is 2.31. The summed E-state index contributed by atoms with van der Waals surface area (Å²) in [5.74, 6) is 0.572. The molecule has 2 aromatic rings. The molecule has 180 valence electrons. The van der Waals surface area contributed by atoms with Gasteiger partial charge in [-0.2, -0.15) is 4.31 Å². The maximum atomic E-state index is 13.4. The number of rotatable bonds is 5. The molecule has 0 atom stereocenters. The molecule has 0 spiro atoms. The van der Waals surface area contributed by atoms with E-state index >= 15 is 0 Å². The summed E-state index contributed by atoms with van der Waals surface area (Å²) in [7, 11) is -3.98. The molecule has 0 saturated carbocycles. The molecule has 0 amide bonds. The topological polar surface area (TPSA) is 102 Å². The lowest BCUT2D eigenvalue weighted by Crippen LogP contribution is -2.46. The van der Waals surface area contributed by atoms with Crippen LogP contribution in [0.2, 0.25) is 0 Å². The van der Waals surface area contributed by atoms with Crippen molar-refractivity contribution in [2.75, 3.05) is 26.2 Å². The first-order valence-corrected chi connectivity index (χ1v) is 12.5. The van der Waals surface area contributed by atoms with Crippen LogP contribution in [0.3, 0.4) is 0 Å². The third-order valence-electron chi connectivity index (χ3n) is 5.70. The number of nitrogens with one attached hydrogen (secondary N) is 1. The lowest BCUT2D eigenvalue weighted by molar-refractivity contribution is -0.385. The van der Waals surface area contributed by atoms with Crippen LogP contribution in [-0.2, 0) is 20.9 Å². The minimum Gasteiger partial charge on any atom is -0.456 e. The van der Waals surface area contributed by atoms with Crippen molar-refractivity contribution in [3.05, 3.63) is 57.6 Å². The number of benzene rings is 2. The molecule has 1 aliphatic heterocycles. The van der Waals surface area contributed by atoms with Crippen LogP contribution in [0.15, 0.2) is 41.3 Å². The molecule has 1 heterocycles. The largest absolute Gasteiger partial charge is 0.456 e. The lowest BCUT2D eigenvalue weighted by atomic mass is 9.80. The normalized spacial score (nSPS) is 15.9. The van der Waals surface area contributed by atoms with E-state index in [-0.39, 0.29) is 40.3 Å². The Morgan fingerprint density at radius 2 is 1.48 bits per heavy atom. The highest BCUT2D eigenvalue weighted by atomic mass is 32.2. The molecule has 0 unspecified atom stereocenters. The van der Waals surface area contributed by atoms with Gasteiger partial charge in [-0.05, 0) is 40.2 Å². The van der Waals surface area contributed by atoms with E-state index in [1.165, 1.54) is 16.4 Å². The Bertz CT molecular complexity index is 1110. The maximum Gasteiger partial charge on any atom is 0.271 e. The van der Waals surface area contributed by atoms with Gasteiger partial charge in [-0.3, -0.25) is 10.1 Å². The van der Waals surface area contributed by atoms with E-state index in [1.807, 2.05) is 12.1 Å². The van der Waals surface area contributed by atoms with Gasteiger partial charge in [0, 0.05) is 38.3 Å². The smallest absolute Gasteiger partial charge is 0.271 e. The van der Waals surface area contributed by atoms with E-state index in [9.17, 15) is 18.5 Å². The van der Waals surface area contributed by atoms with Crippen molar-refractivity contribution >= 4 is 15.7 Å². The van der Waals surface area contributed by atoms with E-state index in [4.69, 9.17) is 4.74 Å². The van der Waals surface area contributed by atoms with E-state index < -0.39 is 14.9 Å². The highest BCUT2D eigenvalue weighted by molar-refractivity contribution is 7.89. The van der Waals surface area contributed by atoms with E-state index in [0.717, 1.165) is 17.2 Å². The zero-order chi connectivity index (χ0) is 24.6. The summed E-state index contributed by atoms with van der Waals surface area (Å²) in [4.78, 5) is 10.6. The number of hydrogen-bond donors (Lipinski definition) is 1. The van der Waals surface area contributed by atoms with E-state index in [0.29, 0.717) is 18.8 Å². The van der Waals surface area contributed by atoms with Gasteiger partial charge >= 0.3 is 0 Å². The van der Waals surface area contributed by atoms with Gasteiger partial charge in [-0.25, -0.2) is 8.42 Å². The van der Waals surface area contributed by atoms with Gasteiger partial charge in [0.2, 0.25) is 10.0 Å². The highest BCUT2D eigenvalue weighted by Crippen LogP contribution is 2.38. The number of piperazine rings is 1. The predicted molar refractivity (Wildman–Crippen MR) is 129 cm³/mol. The van der Waals surface area contributed by atoms with Gasteiger partial charge in [0.1, 0.15) is 16.4 Å². The van der Waals surface area contributed by atoms with Crippen molar-refractivity contribution in [1.82, 2.24) is 9.62 Å². The molecule has 2 aromatic carbocycles. The van der Waals surface area contributed by atoms with Gasteiger partial charge in [0.15, 0.2) is 0 Å². The van der Waals surface area contributed by atoms with Crippen molar-refractivity contribution in [1.29, 1.82) is 0 Å². The molecule has 1 N–H and O–H groups in total. The van der Waals surface area contributed by atoms with Crippen molar-refractivity contribution in [3.8, 4) is 11.5 Å². The molecule has 3 rings (SSSR count). The first kappa shape index (κ1) is 25.1. The monoisotopic (exact) mass is 475 g/mol. The lowest BCUT2D eigenvalue weighted by Gasteiger charge is -2.28. The van der Waals surface area contributed by atoms with Crippen LogP contribution in [-0.4, -0.2) is 43.8 Å². The zero-order valence-corrected chi connectivity index (χ0v) is 21.0. The second kappa shape index (κ2) is 9.04. The fourth-order valence-corrected chi connectivity index (χ4v) is 5.15. The Balaban J connectivity index is 2.13. The molecule has 33 heavy (non-hydrogen) atoms. The Kier molecular flexibility index (Phi) is 6.89. The van der Waals surface area contributed by atoms with Crippen LogP contribution in [0, 0.1) is 10.1 Å². The summed E-state index contributed by atoms with van der Waals surface area (Å²) < 4.78 is 34.3. The zero-order valence-electron chi connectivity index (χ0n) is 20.1. The summed E-state index contributed by atoms with van der Waals surface area (Å²) in [6.07, 6.45) is 0. The summed E-state index contributed by atoms with van der Waals surface area (Å²) in [6.45, 7) is 14.2. The van der Waals surface area contributed by atoms with E-state index in [2.05, 4.69) is 52.9 Å². The Hall–Kier alpha value is -2.49. The van der Waals surface area contributed by atoms with Crippen molar-refractivity contribution < 1.29 is 18.1 Å². The molecule has 9 heteroatoms. The summed E-state index contributed by atoms with van der Waals surface area (Å²) in [6, 6.07) is 9.67. The van der Waals surface area contributed by atoms with Gasteiger partial charge in [-0.15, -0.1) is 0 Å². The summed E-state index contributed by atoms with van der Waals surface area (Å²) in [5.41, 5.74) is 1.52. The first-order valence-electron chi connectivity index (χ1n) is 11.0. The van der Waals surface area contributed by atoms with Crippen LogP contribution in [0.4, 0.5) is 5.69 Å². The van der Waals surface area contributed by atoms with Crippen LogP contribution >= 0.6 is 0 Å². The van der Waals surface area contributed by atoms with Crippen LogP contribution in [0.25, 0.3) is 0 Å². The Morgan fingerprint density at radius 3 is 1.97 bits per heavy atom. The van der Waals surface area contributed by atoms with Gasteiger partial charge in [-0.1, -0.05) is 47.6 Å². The van der Waals surface area contributed by atoms with Crippen LogP contribution in [0.5, 0.6) is 11.5 Å². The standard InChI is InChI=1S/C24H33N3O5S/c1-23(2,3)17-13-18(24(4,5)6)15-20(14-17)32-21-8-7-19(27(28)29)16-22(21)33(30,31)26-11-9-25-10-12-26/h7-8,13-16,25H,9-12H2,1-6H3. The molecule has 1 saturated heterocycles. The fraction of sp³-hybridized carbons (Fsp3) is 0.500. The molecular formula is C24H33N3O5S. The summed E-state index contributed by atoms with van der Waals surface area (Å²) >= 11 is 0.